The maximum absolute atomic E-state index is 10.7. The first-order valence-corrected chi connectivity index (χ1v) is 7.09. The van der Waals surface area contributed by atoms with Crippen molar-refractivity contribution in [2.75, 3.05) is 6.61 Å². The van der Waals surface area contributed by atoms with Gasteiger partial charge in [-0.25, -0.2) is 19.6 Å². The Morgan fingerprint density at radius 3 is 2.91 bits per heavy atom. The fourth-order valence-corrected chi connectivity index (χ4v) is 2.96. The molecule has 116 valence electrons. The molecule has 2 saturated heterocycles. The molecule has 2 fully saturated rings. The summed E-state index contributed by atoms with van der Waals surface area (Å²) < 4.78 is 13.1. The van der Waals surface area contributed by atoms with E-state index in [1.807, 2.05) is 0 Å². The normalized spacial score (nSPS) is 34.0. The van der Waals surface area contributed by atoms with Crippen molar-refractivity contribution in [1.82, 2.24) is 30.0 Å². The molecule has 0 amide bonds. The average molecular weight is 304 g/mol. The number of aliphatic hydroxyl groups excluding tert-OH is 1. The van der Waals surface area contributed by atoms with Gasteiger partial charge in [-0.1, -0.05) is 0 Å². The van der Waals surface area contributed by atoms with Crippen LogP contribution in [0, 0.1) is 0 Å². The van der Waals surface area contributed by atoms with Crippen LogP contribution in [-0.2, 0) is 16.0 Å². The number of fused-ring (bicyclic) bond motifs is 2. The van der Waals surface area contributed by atoms with Crippen molar-refractivity contribution in [3.63, 3.8) is 0 Å². The summed E-state index contributed by atoms with van der Waals surface area (Å²) in [4.78, 5) is 11.9. The summed E-state index contributed by atoms with van der Waals surface area (Å²) in [6.45, 7) is 0.979. The lowest BCUT2D eigenvalue weighted by molar-refractivity contribution is -0.168. The van der Waals surface area contributed by atoms with E-state index in [2.05, 4.69) is 25.4 Å². The molecule has 4 rings (SSSR count). The molecule has 22 heavy (non-hydrogen) atoms. The van der Waals surface area contributed by atoms with Crippen LogP contribution < -0.4 is 5.32 Å². The summed E-state index contributed by atoms with van der Waals surface area (Å²) in [6, 6.07) is -0.695. The van der Waals surface area contributed by atoms with Crippen LogP contribution in [0.25, 0.3) is 0 Å². The standard InChI is InChI=1S/C13H16N6O3/c20-12-10(17-3-8-1-14-5-15-2-8)9-4-21-13(22-9)11(12)19-7-16-6-18-19/h1-2,5-7,9-13,17,20H,3-4H2. The molecular weight excluding hydrogens is 288 g/mol. The lowest BCUT2D eigenvalue weighted by atomic mass is 9.96. The van der Waals surface area contributed by atoms with Crippen LogP contribution in [0.3, 0.4) is 0 Å². The lowest BCUT2D eigenvalue weighted by Crippen LogP contribution is -2.57. The van der Waals surface area contributed by atoms with Crippen molar-refractivity contribution in [1.29, 1.82) is 0 Å². The van der Waals surface area contributed by atoms with Crippen molar-refractivity contribution in [3.05, 3.63) is 36.9 Å². The van der Waals surface area contributed by atoms with Crippen LogP contribution >= 0.6 is 0 Å². The first-order chi connectivity index (χ1) is 10.8. The second-order valence-corrected chi connectivity index (χ2v) is 5.39. The van der Waals surface area contributed by atoms with E-state index in [-0.39, 0.29) is 12.1 Å². The highest BCUT2D eigenvalue weighted by atomic mass is 16.7. The average Bonchev–Trinajstić information content (AvgIpc) is 3.20. The van der Waals surface area contributed by atoms with E-state index in [1.54, 1.807) is 23.4 Å². The number of hydrogen-bond acceptors (Lipinski definition) is 8. The molecule has 0 spiro atoms. The van der Waals surface area contributed by atoms with Gasteiger partial charge in [0.25, 0.3) is 0 Å². The van der Waals surface area contributed by atoms with E-state index in [9.17, 15) is 5.11 Å². The summed E-state index contributed by atoms with van der Waals surface area (Å²) in [5.74, 6) is 0. The van der Waals surface area contributed by atoms with Gasteiger partial charge in [0.2, 0.25) is 0 Å². The predicted octanol–water partition coefficient (Wildman–Crippen LogP) is -1.12. The second kappa shape index (κ2) is 5.69. The van der Waals surface area contributed by atoms with E-state index in [1.165, 1.54) is 12.7 Å². The molecule has 5 atom stereocenters. The highest BCUT2D eigenvalue weighted by molar-refractivity contribution is 5.05. The molecule has 2 aliphatic heterocycles. The summed E-state index contributed by atoms with van der Waals surface area (Å²) in [5, 5.41) is 18.1. The number of ether oxygens (including phenoxy) is 2. The molecule has 0 saturated carbocycles. The van der Waals surface area contributed by atoms with Crippen LogP contribution in [0.15, 0.2) is 31.4 Å². The Balaban J connectivity index is 1.51. The largest absolute Gasteiger partial charge is 0.389 e. The third kappa shape index (κ3) is 2.37. The summed E-state index contributed by atoms with van der Waals surface area (Å²) in [6.07, 6.45) is 6.55. The molecule has 0 aliphatic carbocycles. The molecule has 0 radical (unpaired) electrons. The van der Waals surface area contributed by atoms with Gasteiger partial charge in [0.1, 0.15) is 31.1 Å². The third-order valence-corrected chi connectivity index (χ3v) is 4.03. The van der Waals surface area contributed by atoms with Gasteiger partial charge in [-0.15, -0.1) is 0 Å². The van der Waals surface area contributed by atoms with Crippen molar-refractivity contribution >= 4 is 0 Å². The zero-order chi connectivity index (χ0) is 14.9. The van der Waals surface area contributed by atoms with Crippen molar-refractivity contribution < 1.29 is 14.6 Å². The minimum Gasteiger partial charge on any atom is -0.389 e. The highest BCUT2D eigenvalue weighted by Gasteiger charge is 2.51. The monoisotopic (exact) mass is 304 g/mol. The molecule has 2 aromatic rings. The maximum Gasteiger partial charge on any atom is 0.183 e. The van der Waals surface area contributed by atoms with Gasteiger partial charge in [0, 0.05) is 24.5 Å². The van der Waals surface area contributed by atoms with Crippen LogP contribution in [-0.4, -0.2) is 61.0 Å². The molecule has 5 unspecified atom stereocenters. The molecular formula is C13H16N6O3. The molecule has 2 N–H and O–H groups in total. The molecule has 9 nitrogen and oxygen atoms in total. The van der Waals surface area contributed by atoms with Gasteiger partial charge in [0.05, 0.1) is 18.8 Å². The third-order valence-electron chi connectivity index (χ3n) is 4.03. The zero-order valence-electron chi connectivity index (χ0n) is 11.7. The SMILES string of the molecule is OC1C(NCc2cncnc2)C2COC(O2)C1n1cncn1. The van der Waals surface area contributed by atoms with Gasteiger partial charge in [-0.3, -0.25) is 0 Å². The van der Waals surface area contributed by atoms with Crippen LogP contribution in [0.1, 0.15) is 11.6 Å². The van der Waals surface area contributed by atoms with E-state index in [0.717, 1.165) is 5.56 Å². The fraction of sp³-hybridized carbons (Fsp3) is 0.538. The highest BCUT2D eigenvalue weighted by Crippen LogP contribution is 2.35. The Morgan fingerprint density at radius 1 is 1.27 bits per heavy atom. The number of hydrogen-bond donors (Lipinski definition) is 2. The predicted molar refractivity (Wildman–Crippen MR) is 72.3 cm³/mol. The number of aromatic nitrogens is 5. The fourth-order valence-electron chi connectivity index (χ4n) is 2.96. The molecule has 2 aliphatic rings. The molecule has 9 heteroatoms. The van der Waals surface area contributed by atoms with Crippen molar-refractivity contribution in [2.24, 2.45) is 0 Å². The van der Waals surface area contributed by atoms with Gasteiger partial charge in [0.15, 0.2) is 6.29 Å². The quantitative estimate of drug-likeness (QED) is 0.732. The van der Waals surface area contributed by atoms with E-state index < -0.39 is 18.4 Å². The van der Waals surface area contributed by atoms with Crippen LogP contribution in [0.5, 0.6) is 0 Å². The Kier molecular flexibility index (Phi) is 3.54. The first kappa shape index (κ1) is 13.7. The summed E-state index contributed by atoms with van der Waals surface area (Å²) >= 11 is 0. The number of aliphatic hydroxyl groups is 1. The smallest absolute Gasteiger partial charge is 0.183 e. The Bertz CT molecular complexity index is 610. The maximum atomic E-state index is 10.7. The van der Waals surface area contributed by atoms with Gasteiger partial charge < -0.3 is 19.9 Å². The van der Waals surface area contributed by atoms with E-state index in [0.29, 0.717) is 13.2 Å². The number of nitrogens with one attached hydrogen (secondary N) is 1. The van der Waals surface area contributed by atoms with E-state index >= 15 is 0 Å². The molecule has 4 heterocycles. The summed E-state index contributed by atoms with van der Waals surface area (Å²) in [7, 11) is 0. The van der Waals surface area contributed by atoms with Gasteiger partial charge in [-0.2, -0.15) is 5.10 Å². The number of nitrogens with zero attached hydrogens (tertiary/aromatic N) is 5. The second-order valence-electron chi connectivity index (χ2n) is 5.39. The van der Waals surface area contributed by atoms with Gasteiger partial charge >= 0.3 is 0 Å². The van der Waals surface area contributed by atoms with Crippen LogP contribution in [0.2, 0.25) is 0 Å². The minimum absolute atomic E-state index is 0.190. The number of rotatable bonds is 4. The summed E-state index contributed by atoms with van der Waals surface area (Å²) in [5.41, 5.74) is 0.938. The Labute approximate surface area is 126 Å². The Hall–Kier alpha value is -1.94. The lowest BCUT2D eigenvalue weighted by Gasteiger charge is -2.38. The van der Waals surface area contributed by atoms with Crippen LogP contribution in [0.4, 0.5) is 0 Å². The minimum atomic E-state index is -0.697. The zero-order valence-corrected chi connectivity index (χ0v) is 11.7. The van der Waals surface area contributed by atoms with Crippen molar-refractivity contribution in [3.8, 4) is 0 Å². The first-order valence-electron chi connectivity index (χ1n) is 7.09. The van der Waals surface area contributed by atoms with Crippen molar-refractivity contribution in [2.45, 2.75) is 37.1 Å². The Morgan fingerprint density at radius 2 is 2.14 bits per heavy atom. The molecule has 2 aromatic heterocycles. The molecule has 2 bridgehead atoms. The topological polar surface area (TPSA) is 107 Å². The van der Waals surface area contributed by atoms with Gasteiger partial charge in [-0.05, 0) is 0 Å². The molecule has 0 aromatic carbocycles. The van der Waals surface area contributed by atoms with E-state index in [4.69, 9.17) is 9.47 Å².